The molecule has 0 unspecified atom stereocenters. The van der Waals surface area contributed by atoms with Crippen LogP contribution in [0, 0.1) is 0 Å². The number of halogens is 3. The van der Waals surface area contributed by atoms with Crippen LogP contribution in [0.5, 0.6) is 0 Å². The van der Waals surface area contributed by atoms with E-state index in [2.05, 4.69) is 0 Å². The van der Waals surface area contributed by atoms with Crippen molar-refractivity contribution in [2.24, 2.45) is 0 Å². The third-order valence-corrected chi connectivity index (χ3v) is 1.62. The lowest BCUT2D eigenvalue weighted by atomic mass is 9.97. The molecule has 0 saturated heterocycles. The summed E-state index contributed by atoms with van der Waals surface area (Å²) in [5.41, 5.74) is -3.06. The number of carbonyl (C=O) groups excluding carboxylic acids is 1. The van der Waals surface area contributed by atoms with Crippen LogP contribution in [0.4, 0.5) is 13.3 Å². The fraction of sp³-hybridized carbons (Fsp3) is 0.714. The number of nitrogens with zero attached hydrogens (tertiary/aromatic N) is 1. The van der Waals surface area contributed by atoms with Gasteiger partial charge in [-0.25, -0.2) is 13.6 Å². The third-order valence-electron chi connectivity index (χ3n) is 1.62. The van der Waals surface area contributed by atoms with Crippen LogP contribution in [0.15, 0.2) is 0 Å². The number of carboxylic acid groups (broad SMARTS) is 1. The topological polar surface area (TPSA) is 57.6 Å². The molecule has 0 rings (SSSR count). The van der Waals surface area contributed by atoms with Gasteiger partial charge in [-0.2, -0.15) is 0 Å². The van der Waals surface area contributed by atoms with Crippen LogP contribution in [0.25, 0.3) is 0 Å². The highest BCUT2D eigenvalue weighted by Gasteiger charge is 2.60. The third kappa shape index (κ3) is 1.80. The molecule has 0 bridgehead atoms. The number of carboxylic acids is 1. The second kappa shape index (κ2) is 3.47. The molecule has 0 spiro atoms. The Morgan fingerprint density at radius 2 is 1.64 bits per heavy atom. The molecule has 0 aliphatic carbocycles. The van der Waals surface area contributed by atoms with E-state index < -0.39 is 28.5 Å². The maximum absolute atomic E-state index is 13.4. The summed E-state index contributed by atoms with van der Waals surface area (Å²) in [5, 5.41) is 7.07. The minimum atomic E-state index is -4.02. The van der Waals surface area contributed by atoms with Crippen molar-refractivity contribution in [1.29, 1.82) is 0 Å². The standard InChI is InChI=1S/C7H10F3NO3/c1-4(12)11(10)7(9,5(13)14)6(2,3)8/h1-3H3,(H,13,14)/t7-/m1/s1. The largest absolute Gasteiger partial charge is 0.477 e. The van der Waals surface area contributed by atoms with Crippen molar-refractivity contribution in [3.63, 3.8) is 0 Å². The Morgan fingerprint density at radius 3 is 1.71 bits per heavy atom. The van der Waals surface area contributed by atoms with E-state index in [1.54, 1.807) is 0 Å². The number of carbonyl (C=O) groups is 2. The first-order valence-corrected chi connectivity index (χ1v) is 3.63. The highest BCUT2D eigenvalue weighted by Crippen LogP contribution is 2.34. The number of hydrogen-bond donors (Lipinski definition) is 1. The maximum Gasteiger partial charge on any atom is 0.368 e. The zero-order chi connectivity index (χ0) is 11.7. The summed E-state index contributed by atoms with van der Waals surface area (Å²) >= 11 is 0. The molecule has 1 amide bonds. The summed E-state index contributed by atoms with van der Waals surface area (Å²) in [6, 6.07) is 0. The van der Waals surface area contributed by atoms with Crippen LogP contribution in [0.2, 0.25) is 0 Å². The first-order valence-electron chi connectivity index (χ1n) is 3.63. The van der Waals surface area contributed by atoms with E-state index >= 15 is 0 Å². The van der Waals surface area contributed by atoms with Gasteiger partial charge in [0.05, 0.1) is 0 Å². The quantitative estimate of drug-likeness (QED) is 0.566. The van der Waals surface area contributed by atoms with Crippen LogP contribution in [-0.4, -0.2) is 33.6 Å². The van der Waals surface area contributed by atoms with Crippen LogP contribution < -0.4 is 0 Å². The highest BCUT2D eigenvalue weighted by atomic mass is 19.2. The van der Waals surface area contributed by atoms with Crippen molar-refractivity contribution < 1.29 is 28.0 Å². The van der Waals surface area contributed by atoms with Gasteiger partial charge >= 0.3 is 11.8 Å². The van der Waals surface area contributed by atoms with Crippen molar-refractivity contribution >= 4 is 11.9 Å². The maximum atomic E-state index is 13.4. The molecule has 0 aliphatic heterocycles. The van der Waals surface area contributed by atoms with Crippen molar-refractivity contribution in [3.05, 3.63) is 0 Å². The molecule has 82 valence electrons. The molecule has 0 aromatic rings. The molecule has 0 aliphatic rings. The molecule has 0 saturated carbocycles. The van der Waals surface area contributed by atoms with Gasteiger partial charge in [-0.05, 0) is 13.8 Å². The lowest BCUT2D eigenvalue weighted by Gasteiger charge is -2.33. The molecule has 0 fully saturated rings. The van der Waals surface area contributed by atoms with Gasteiger partial charge in [0, 0.05) is 6.92 Å². The van der Waals surface area contributed by atoms with Gasteiger partial charge in [-0.1, -0.05) is 4.48 Å². The summed E-state index contributed by atoms with van der Waals surface area (Å²) < 4.78 is 39.3. The van der Waals surface area contributed by atoms with E-state index in [-0.39, 0.29) is 0 Å². The Balaban J connectivity index is 5.33. The molecule has 1 atom stereocenters. The summed E-state index contributed by atoms with van der Waals surface area (Å²) in [6.45, 7) is 1.64. The summed E-state index contributed by atoms with van der Waals surface area (Å²) in [5.74, 6) is -7.94. The molecule has 0 heterocycles. The van der Waals surface area contributed by atoms with Crippen LogP contribution in [-0.2, 0) is 9.59 Å². The van der Waals surface area contributed by atoms with E-state index in [0.717, 1.165) is 0 Å². The molecular weight excluding hydrogens is 203 g/mol. The first kappa shape index (κ1) is 12.7. The van der Waals surface area contributed by atoms with Gasteiger partial charge in [0.2, 0.25) is 0 Å². The van der Waals surface area contributed by atoms with Crippen molar-refractivity contribution in [3.8, 4) is 0 Å². The van der Waals surface area contributed by atoms with Crippen molar-refractivity contribution in [1.82, 2.24) is 5.12 Å². The number of alkyl halides is 2. The predicted molar refractivity (Wildman–Crippen MR) is 40.3 cm³/mol. The molecule has 0 aromatic carbocycles. The molecule has 4 nitrogen and oxygen atoms in total. The minimum absolute atomic E-state index is 0.524. The summed E-state index contributed by atoms with van der Waals surface area (Å²) in [6.07, 6.45) is 0. The van der Waals surface area contributed by atoms with E-state index in [0.29, 0.717) is 20.8 Å². The van der Waals surface area contributed by atoms with Gasteiger partial charge in [0.1, 0.15) is 0 Å². The Kier molecular flexibility index (Phi) is 3.15. The smallest absolute Gasteiger partial charge is 0.368 e. The van der Waals surface area contributed by atoms with E-state index in [4.69, 9.17) is 5.11 Å². The van der Waals surface area contributed by atoms with E-state index in [1.807, 2.05) is 0 Å². The zero-order valence-corrected chi connectivity index (χ0v) is 7.84. The Hall–Kier alpha value is -1.27. The molecule has 1 N–H and O–H groups in total. The average Bonchev–Trinajstić information content (AvgIpc) is 1.98. The van der Waals surface area contributed by atoms with Gasteiger partial charge in [-0.15, -0.1) is 5.12 Å². The number of aliphatic carboxylic acids is 1. The van der Waals surface area contributed by atoms with Crippen LogP contribution in [0.1, 0.15) is 20.8 Å². The lowest BCUT2D eigenvalue weighted by Crippen LogP contribution is -2.60. The van der Waals surface area contributed by atoms with Crippen molar-refractivity contribution in [2.45, 2.75) is 32.2 Å². The summed E-state index contributed by atoms with van der Waals surface area (Å²) in [7, 11) is 0. The predicted octanol–water partition coefficient (Wildman–Crippen LogP) is 1.22. The second-order valence-corrected chi connectivity index (χ2v) is 3.20. The monoisotopic (exact) mass is 213 g/mol. The molecular formula is C7H10F3NO3. The fourth-order valence-electron chi connectivity index (χ4n) is 0.789. The van der Waals surface area contributed by atoms with E-state index in [1.165, 1.54) is 0 Å². The summed E-state index contributed by atoms with van der Waals surface area (Å²) in [4.78, 5) is 20.8. The molecule has 0 radical (unpaired) electrons. The molecule has 0 aromatic heterocycles. The zero-order valence-electron chi connectivity index (χ0n) is 7.84. The molecule has 14 heavy (non-hydrogen) atoms. The lowest BCUT2D eigenvalue weighted by molar-refractivity contribution is -0.228. The average molecular weight is 213 g/mol. The van der Waals surface area contributed by atoms with Gasteiger partial charge in [0.25, 0.3) is 5.91 Å². The van der Waals surface area contributed by atoms with Crippen LogP contribution in [0.3, 0.4) is 0 Å². The number of amides is 1. The second-order valence-electron chi connectivity index (χ2n) is 3.20. The SMILES string of the molecule is CC(=O)N(F)[C@](F)(C(=O)O)C(C)(C)F. The van der Waals surface area contributed by atoms with Crippen LogP contribution >= 0.6 is 0 Å². The Morgan fingerprint density at radius 1 is 1.29 bits per heavy atom. The first-order chi connectivity index (χ1) is 6.05. The van der Waals surface area contributed by atoms with Crippen molar-refractivity contribution in [2.75, 3.05) is 0 Å². The Labute approximate surface area is 78.2 Å². The van der Waals surface area contributed by atoms with E-state index in [9.17, 15) is 22.9 Å². The minimum Gasteiger partial charge on any atom is -0.477 e. The Bertz CT molecular complexity index is 263. The van der Waals surface area contributed by atoms with Gasteiger partial charge < -0.3 is 5.11 Å². The molecule has 7 heteroatoms. The normalized spacial score (nSPS) is 15.9. The van der Waals surface area contributed by atoms with Gasteiger partial charge in [0.15, 0.2) is 5.67 Å². The number of hydrogen-bond acceptors (Lipinski definition) is 2. The highest BCUT2D eigenvalue weighted by molar-refractivity contribution is 5.84. The fourth-order valence-corrected chi connectivity index (χ4v) is 0.789. The van der Waals surface area contributed by atoms with Gasteiger partial charge in [-0.3, -0.25) is 4.79 Å². The number of rotatable bonds is 3.